The second-order valence-electron chi connectivity index (χ2n) is 14.0. The molecule has 4 heteroatoms. The third kappa shape index (κ3) is 2.84. The maximum absolute atomic E-state index is 12.4. The number of rotatable bonds is 4. The summed E-state index contributed by atoms with van der Waals surface area (Å²) in [7, 11) is 1.98. The number of carbonyl (C=O) groups is 1. The monoisotopic (exact) mass is 458 g/mol. The van der Waals surface area contributed by atoms with E-state index in [4.69, 9.17) is 14.2 Å². The Kier molecular flexibility index (Phi) is 4.92. The molecule has 0 unspecified atom stereocenters. The Hall–Kier alpha value is -0.450. The first-order valence-electron chi connectivity index (χ1n) is 13.9. The first-order chi connectivity index (χ1) is 15.5. The van der Waals surface area contributed by atoms with Crippen molar-refractivity contribution in [2.45, 2.75) is 117 Å². The van der Waals surface area contributed by atoms with Gasteiger partial charge in [0, 0.05) is 12.5 Å². The van der Waals surface area contributed by atoms with E-state index in [-0.39, 0.29) is 11.9 Å². The lowest BCUT2D eigenvalue weighted by molar-refractivity contribution is -0.168. The van der Waals surface area contributed by atoms with Gasteiger partial charge in [0.2, 0.25) is 0 Å². The van der Waals surface area contributed by atoms with Crippen molar-refractivity contribution in [1.82, 2.24) is 0 Å². The number of Topliss-reactive ketones (excluding diaryl/α,β-unsaturated/α-hetero) is 1. The van der Waals surface area contributed by atoms with Crippen LogP contribution >= 0.6 is 0 Å². The van der Waals surface area contributed by atoms with Gasteiger partial charge in [-0.1, -0.05) is 20.8 Å². The first-order valence-corrected chi connectivity index (χ1v) is 13.9. The minimum absolute atomic E-state index is 0.106. The molecule has 0 radical (unpaired) electrons. The molecule has 6 rings (SSSR count). The van der Waals surface area contributed by atoms with Gasteiger partial charge in [-0.25, -0.2) is 0 Å². The molecule has 4 nitrogen and oxygen atoms in total. The predicted molar refractivity (Wildman–Crippen MR) is 128 cm³/mol. The van der Waals surface area contributed by atoms with Gasteiger partial charge in [-0.2, -0.15) is 0 Å². The van der Waals surface area contributed by atoms with Crippen molar-refractivity contribution in [2.75, 3.05) is 7.11 Å². The van der Waals surface area contributed by atoms with Crippen molar-refractivity contribution in [3.63, 3.8) is 0 Å². The standard InChI is InChI=1S/C29H46O4/c1-16(24-25(17(2)30)33-26(3,4)32-24)20-8-9-21-19-14-23(31-7)29-15-18(29)10-13-28(29,6)22(19)11-12-27(20,21)5/h16,18-25H,8-15H2,1-7H3/t16-,18+,19-,20+,21-,22-,23+,24+,25-,27+,28+,29-/m0/s1. The fourth-order valence-electron chi connectivity index (χ4n) is 11.2. The average molecular weight is 459 g/mol. The summed E-state index contributed by atoms with van der Waals surface area (Å²) in [6, 6.07) is 0. The molecule has 0 aromatic carbocycles. The lowest BCUT2D eigenvalue weighted by atomic mass is 9.45. The molecule has 1 aliphatic heterocycles. The molecule has 12 atom stereocenters. The van der Waals surface area contributed by atoms with Crippen LogP contribution in [0.2, 0.25) is 0 Å². The average Bonchev–Trinajstić information content (AvgIpc) is 3.05. The first kappa shape index (κ1) is 23.0. The minimum Gasteiger partial charge on any atom is -0.381 e. The number of ether oxygens (including phenoxy) is 3. The van der Waals surface area contributed by atoms with Crippen LogP contribution < -0.4 is 0 Å². The van der Waals surface area contributed by atoms with Gasteiger partial charge in [-0.3, -0.25) is 4.79 Å². The Labute approximate surface area is 200 Å². The lowest BCUT2D eigenvalue weighted by Crippen LogP contribution is -2.57. The van der Waals surface area contributed by atoms with Crippen molar-refractivity contribution in [3.8, 4) is 0 Å². The van der Waals surface area contributed by atoms with Crippen LogP contribution in [0.25, 0.3) is 0 Å². The molecule has 6 aliphatic rings. The Balaban J connectivity index is 1.28. The van der Waals surface area contributed by atoms with Crippen LogP contribution in [0.1, 0.15) is 92.9 Å². The third-order valence-electron chi connectivity index (χ3n) is 12.6. The molecule has 1 heterocycles. The summed E-state index contributed by atoms with van der Waals surface area (Å²) in [5.74, 6) is 3.73. The number of hydrogen-bond donors (Lipinski definition) is 0. The molecule has 0 bridgehead atoms. The highest BCUT2D eigenvalue weighted by Crippen LogP contribution is 2.82. The molecule has 0 N–H and O–H groups in total. The number of methoxy groups -OCH3 is 1. The fraction of sp³-hybridized carbons (Fsp3) is 0.966. The van der Waals surface area contributed by atoms with E-state index in [0.29, 0.717) is 34.2 Å². The molecule has 186 valence electrons. The Morgan fingerprint density at radius 1 is 1.00 bits per heavy atom. The summed E-state index contributed by atoms with van der Waals surface area (Å²) < 4.78 is 18.8. The molecular weight excluding hydrogens is 412 g/mol. The third-order valence-corrected chi connectivity index (χ3v) is 12.6. The second-order valence-corrected chi connectivity index (χ2v) is 14.0. The van der Waals surface area contributed by atoms with E-state index in [1.807, 2.05) is 21.0 Å². The molecule has 0 amide bonds. The van der Waals surface area contributed by atoms with Gasteiger partial charge in [0.15, 0.2) is 11.6 Å². The number of carbonyl (C=O) groups excluding carboxylic acids is 1. The van der Waals surface area contributed by atoms with Crippen molar-refractivity contribution in [3.05, 3.63) is 0 Å². The predicted octanol–water partition coefficient (Wildman–Crippen LogP) is 6.02. The molecule has 0 aromatic rings. The largest absolute Gasteiger partial charge is 0.381 e. The van der Waals surface area contributed by atoms with E-state index in [1.165, 1.54) is 51.4 Å². The Morgan fingerprint density at radius 3 is 2.42 bits per heavy atom. The van der Waals surface area contributed by atoms with Gasteiger partial charge >= 0.3 is 0 Å². The summed E-state index contributed by atoms with van der Waals surface area (Å²) in [6.45, 7) is 13.2. The topological polar surface area (TPSA) is 44.8 Å². The zero-order valence-electron chi connectivity index (χ0n) is 22.0. The van der Waals surface area contributed by atoms with Crippen molar-refractivity contribution in [1.29, 1.82) is 0 Å². The van der Waals surface area contributed by atoms with Gasteiger partial charge in [0.05, 0.1) is 12.2 Å². The van der Waals surface area contributed by atoms with Crippen molar-refractivity contribution < 1.29 is 19.0 Å². The maximum Gasteiger partial charge on any atom is 0.164 e. The van der Waals surface area contributed by atoms with Gasteiger partial charge in [0.25, 0.3) is 0 Å². The van der Waals surface area contributed by atoms with Crippen LogP contribution in [0.3, 0.4) is 0 Å². The molecule has 5 aliphatic carbocycles. The van der Waals surface area contributed by atoms with Crippen LogP contribution in [0.15, 0.2) is 0 Å². The van der Waals surface area contributed by atoms with Crippen LogP contribution in [0, 0.1) is 51.8 Å². The molecule has 5 saturated carbocycles. The molecular formula is C29H46O4. The quantitative estimate of drug-likeness (QED) is 0.517. The summed E-state index contributed by atoms with van der Waals surface area (Å²) in [4.78, 5) is 12.4. The van der Waals surface area contributed by atoms with E-state index in [9.17, 15) is 4.79 Å². The highest BCUT2D eigenvalue weighted by Gasteiger charge is 2.77. The molecule has 33 heavy (non-hydrogen) atoms. The Bertz CT molecular complexity index is 837. The summed E-state index contributed by atoms with van der Waals surface area (Å²) in [5.41, 5.74) is 1.31. The molecule has 0 aromatic heterocycles. The van der Waals surface area contributed by atoms with Crippen LogP contribution in [0.4, 0.5) is 0 Å². The highest BCUT2D eigenvalue weighted by molar-refractivity contribution is 5.81. The van der Waals surface area contributed by atoms with E-state index in [2.05, 4.69) is 20.8 Å². The van der Waals surface area contributed by atoms with E-state index in [0.717, 1.165) is 23.7 Å². The van der Waals surface area contributed by atoms with E-state index >= 15 is 0 Å². The fourth-order valence-corrected chi connectivity index (χ4v) is 11.2. The highest BCUT2D eigenvalue weighted by atomic mass is 16.8. The SMILES string of the molecule is CO[C@@H]1C[C@H]2[C@@H]3CC[C@H]([C@H](C)[C@H]4OC(C)(C)O[C@H]4C(C)=O)[C@@]3(C)CC[C@@H]2[C@@]2(C)CC[C@@H]3C[C@]312. The normalized spacial score (nSPS) is 57.1. The van der Waals surface area contributed by atoms with Crippen molar-refractivity contribution in [2.24, 2.45) is 51.8 Å². The second kappa shape index (κ2) is 7.07. The van der Waals surface area contributed by atoms with E-state index in [1.54, 1.807) is 6.92 Å². The zero-order chi connectivity index (χ0) is 23.6. The lowest BCUT2D eigenvalue weighted by Gasteiger charge is -2.61. The molecule has 1 spiro atoms. The van der Waals surface area contributed by atoms with Crippen LogP contribution in [-0.2, 0) is 19.0 Å². The number of hydrogen-bond acceptors (Lipinski definition) is 4. The van der Waals surface area contributed by atoms with Gasteiger partial charge in [-0.15, -0.1) is 0 Å². The molecule has 1 saturated heterocycles. The summed E-state index contributed by atoms with van der Waals surface area (Å²) >= 11 is 0. The zero-order valence-corrected chi connectivity index (χ0v) is 22.0. The summed E-state index contributed by atoms with van der Waals surface area (Å²) in [6.07, 6.45) is 10.8. The van der Waals surface area contributed by atoms with Gasteiger partial charge in [0.1, 0.15) is 6.10 Å². The maximum atomic E-state index is 12.4. The van der Waals surface area contributed by atoms with E-state index < -0.39 is 11.9 Å². The van der Waals surface area contributed by atoms with Gasteiger partial charge in [-0.05, 0) is 118 Å². The minimum atomic E-state index is -0.674. The van der Waals surface area contributed by atoms with Gasteiger partial charge < -0.3 is 14.2 Å². The Morgan fingerprint density at radius 2 is 1.76 bits per heavy atom. The molecule has 6 fully saturated rings. The summed E-state index contributed by atoms with van der Waals surface area (Å²) in [5, 5.41) is 0. The van der Waals surface area contributed by atoms with Crippen LogP contribution in [-0.4, -0.2) is 37.0 Å². The smallest absolute Gasteiger partial charge is 0.164 e. The number of ketones is 1. The van der Waals surface area contributed by atoms with Crippen molar-refractivity contribution >= 4 is 5.78 Å². The number of fused-ring (bicyclic) bond motifs is 4. The van der Waals surface area contributed by atoms with Crippen LogP contribution in [0.5, 0.6) is 0 Å².